The van der Waals surface area contributed by atoms with E-state index in [0.29, 0.717) is 0 Å². The predicted molar refractivity (Wildman–Crippen MR) is 80.6 cm³/mol. The highest BCUT2D eigenvalue weighted by Crippen LogP contribution is 2.40. The van der Waals surface area contributed by atoms with E-state index in [9.17, 15) is 0 Å². The number of halogens is 1. The van der Waals surface area contributed by atoms with Crippen LogP contribution in [0.4, 0.5) is 0 Å². The average molecular weight is 279 g/mol. The van der Waals surface area contributed by atoms with Crippen LogP contribution < -0.4 is 0 Å². The van der Waals surface area contributed by atoms with E-state index in [-0.39, 0.29) is 5.38 Å². The zero-order chi connectivity index (χ0) is 12.4. The highest BCUT2D eigenvalue weighted by atomic mass is 35.5. The topological polar surface area (TPSA) is 0 Å². The van der Waals surface area contributed by atoms with Gasteiger partial charge in [-0.2, -0.15) is 0 Å². The average Bonchev–Trinajstić information content (AvgIpc) is 2.65. The monoisotopic (exact) mass is 278 g/mol. The van der Waals surface area contributed by atoms with Gasteiger partial charge in [0.15, 0.2) is 0 Å². The lowest BCUT2D eigenvalue weighted by Gasteiger charge is -2.11. The van der Waals surface area contributed by atoms with Crippen molar-refractivity contribution in [3.8, 4) is 0 Å². The Bertz CT molecular complexity index is 427. The number of benzene rings is 1. The standard InChI is InChI=1S/C16H19ClS/c17-14-7-3-1-5-12(9-14)10-15-11-13-6-2-4-8-16(13)18-15/h2,4,6,8-9,14-15H,1,3,5,7,10-11H2. The van der Waals surface area contributed by atoms with Gasteiger partial charge in [0.05, 0.1) is 5.38 Å². The maximum atomic E-state index is 6.31. The van der Waals surface area contributed by atoms with Gasteiger partial charge < -0.3 is 0 Å². The second-order valence-corrected chi connectivity index (χ2v) is 7.25. The Morgan fingerprint density at radius 2 is 2.11 bits per heavy atom. The third-order valence-electron chi connectivity index (χ3n) is 3.85. The van der Waals surface area contributed by atoms with E-state index >= 15 is 0 Å². The van der Waals surface area contributed by atoms with Crippen molar-refractivity contribution < 1.29 is 0 Å². The van der Waals surface area contributed by atoms with Crippen LogP contribution in [-0.2, 0) is 6.42 Å². The molecular formula is C16H19ClS. The first-order valence-corrected chi connectivity index (χ1v) is 8.21. The molecule has 0 aromatic heterocycles. The second-order valence-electron chi connectivity index (χ2n) is 5.34. The Morgan fingerprint density at radius 1 is 1.22 bits per heavy atom. The fourth-order valence-electron chi connectivity index (χ4n) is 2.94. The van der Waals surface area contributed by atoms with Gasteiger partial charge in [-0.05, 0) is 43.7 Å². The maximum absolute atomic E-state index is 6.31. The SMILES string of the molecule is ClC1C=C(CC2Cc3ccccc3S2)CCCC1. The van der Waals surface area contributed by atoms with Crippen molar-refractivity contribution in [2.45, 2.75) is 54.0 Å². The molecule has 1 aromatic rings. The Labute approximate surface area is 119 Å². The Balaban J connectivity index is 1.65. The van der Waals surface area contributed by atoms with Crippen LogP contribution in [0.2, 0.25) is 0 Å². The minimum atomic E-state index is 0.274. The molecule has 96 valence electrons. The lowest BCUT2D eigenvalue weighted by atomic mass is 10.0. The molecule has 0 saturated carbocycles. The summed E-state index contributed by atoms with van der Waals surface area (Å²) in [5, 5.41) is 1.01. The highest BCUT2D eigenvalue weighted by Gasteiger charge is 2.23. The van der Waals surface area contributed by atoms with Gasteiger partial charge in [0, 0.05) is 10.1 Å². The van der Waals surface area contributed by atoms with Crippen LogP contribution in [-0.4, -0.2) is 10.6 Å². The number of alkyl halides is 1. The van der Waals surface area contributed by atoms with Crippen LogP contribution in [0.1, 0.15) is 37.7 Å². The van der Waals surface area contributed by atoms with Crippen LogP contribution in [0.3, 0.4) is 0 Å². The normalized spacial score (nSPS) is 27.5. The summed E-state index contributed by atoms with van der Waals surface area (Å²) in [4.78, 5) is 1.49. The second kappa shape index (κ2) is 5.71. The lowest BCUT2D eigenvalue weighted by molar-refractivity contribution is 0.699. The largest absolute Gasteiger partial charge is 0.122 e. The van der Waals surface area contributed by atoms with Crippen LogP contribution in [0.5, 0.6) is 0 Å². The highest BCUT2D eigenvalue weighted by molar-refractivity contribution is 8.00. The molecule has 1 aliphatic heterocycles. The minimum Gasteiger partial charge on any atom is -0.122 e. The van der Waals surface area contributed by atoms with E-state index in [1.807, 2.05) is 0 Å². The first-order chi connectivity index (χ1) is 8.81. The molecule has 2 unspecified atom stereocenters. The quantitative estimate of drug-likeness (QED) is 0.529. The number of allylic oxidation sites excluding steroid dienone is 2. The first kappa shape index (κ1) is 12.6. The molecule has 0 nitrogen and oxygen atoms in total. The fourth-order valence-corrected chi connectivity index (χ4v) is 4.66. The van der Waals surface area contributed by atoms with E-state index in [0.717, 1.165) is 11.7 Å². The number of fused-ring (bicyclic) bond motifs is 1. The zero-order valence-corrected chi connectivity index (χ0v) is 12.1. The number of hydrogen-bond donors (Lipinski definition) is 0. The van der Waals surface area contributed by atoms with Crippen molar-refractivity contribution in [3.63, 3.8) is 0 Å². The van der Waals surface area contributed by atoms with Crippen LogP contribution in [0, 0.1) is 0 Å². The molecule has 2 atom stereocenters. The number of thioether (sulfide) groups is 1. The van der Waals surface area contributed by atoms with E-state index < -0.39 is 0 Å². The lowest BCUT2D eigenvalue weighted by Crippen LogP contribution is -2.03. The van der Waals surface area contributed by atoms with Gasteiger partial charge in [-0.15, -0.1) is 23.4 Å². The van der Waals surface area contributed by atoms with Crippen molar-refractivity contribution in [1.82, 2.24) is 0 Å². The molecule has 0 saturated heterocycles. The van der Waals surface area contributed by atoms with Gasteiger partial charge in [-0.1, -0.05) is 36.3 Å². The molecule has 18 heavy (non-hydrogen) atoms. The summed E-state index contributed by atoms with van der Waals surface area (Å²) in [6, 6.07) is 8.83. The first-order valence-electron chi connectivity index (χ1n) is 6.89. The Morgan fingerprint density at radius 3 is 3.00 bits per heavy atom. The predicted octanol–water partition coefficient (Wildman–Crippen LogP) is 5.20. The molecule has 1 aromatic carbocycles. The van der Waals surface area contributed by atoms with Crippen LogP contribution in [0.15, 0.2) is 40.8 Å². The Hall–Kier alpha value is -0.400. The third kappa shape index (κ3) is 2.95. The van der Waals surface area contributed by atoms with Gasteiger partial charge in [-0.25, -0.2) is 0 Å². The molecule has 1 heterocycles. The molecule has 2 aliphatic rings. The zero-order valence-electron chi connectivity index (χ0n) is 10.6. The molecule has 0 fully saturated rings. The van der Waals surface area contributed by atoms with Gasteiger partial charge in [0.25, 0.3) is 0 Å². The van der Waals surface area contributed by atoms with Gasteiger partial charge in [0.2, 0.25) is 0 Å². The summed E-state index contributed by atoms with van der Waals surface area (Å²) < 4.78 is 0. The van der Waals surface area contributed by atoms with Crippen LogP contribution in [0.25, 0.3) is 0 Å². The van der Waals surface area contributed by atoms with E-state index in [1.165, 1.54) is 42.6 Å². The van der Waals surface area contributed by atoms with Gasteiger partial charge in [-0.3, -0.25) is 0 Å². The van der Waals surface area contributed by atoms with Crippen molar-refractivity contribution >= 4 is 23.4 Å². The maximum Gasteiger partial charge on any atom is 0.0518 e. The number of rotatable bonds is 2. The molecule has 3 rings (SSSR count). The Kier molecular flexibility index (Phi) is 4.00. The van der Waals surface area contributed by atoms with E-state index in [1.54, 1.807) is 5.57 Å². The molecule has 0 radical (unpaired) electrons. The molecule has 2 heteroatoms. The van der Waals surface area contributed by atoms with Gasteiger partial charge in [0.1, 0.15) is 0 Å². The van der Waals surface area contributed by atoms with Gasteiger partial charge >= 0.3 is 0 Å². The van der Waals surface area contributed by atoms with E-state index in [4.69, 9.17) is 11.6 Å². The molecule has 0 N–H and O–H groups in total. The third-order valence-corrected chi connectivity index (χ3v) is 5.51. The van der Waals surface area contributed by atoms with Crippen molar-refractivity contribution in [2.24, 2.45) is 0 Å². The summed E-state index contributed by atoms with van der Waals surface area (Å²) in [7, 11) is 0. The molecular weight excluding hydrogens is 260 g/mol. The summed E-state index contributed by atoms with van der Waals surface area (Å²) in [5.74, 6) is 0. The van der Waals surface area contributed by atoms with Crippen molar-refractivity contribution in [2.75, 3.05) is 0 Å². The summed E-state index contributed by atoms with van der Waals surface area (Å²) in [6.07, 6.45) is 9.80. The summed E-state index contributed by atoms with van der Waals surface area (Å²) >= 11 is 8.36. The van der Waals surface area contributed by atoms with E-state index in [2.05, 4.69) is 42.1 Å². The van der Waals surface area contributed by atoms with Crippen LogP contribution >= 0.6 is 23.4 Å². The molecule has 0 spiro atoms. The molecule has 0 amide bonds. The summed E-state index contributed by atoms with van der Waals surface area (Å²) in [6.45, 7) is 0. The molecule has 0 bridgehead atoms. The van der Waals surface area contributed by atoms with Crippen molar-refractivity contribution in [1.29, 1.82) is 0 Å². The fraction of sp³-hybridized carbons (Fsp3) is 0.500. The summed E-state index contributed by atoms with van der Waals surface area (Å²) in [5.41, 5.74) is 3.13. The molecule has 1 aliphatic carbocycles. The van der Waals surface area contributed by atoms with Crippen molar-refractivity contribution in [3.05, 3.63) is 41.5 Å². The smallest absolute Gasteiger partial charge is 0.0518 e. The minimum absolute atomic E-state index is 0.274. The number of hydrogen-bond acceptors (Lipinski definition) is 1.